The Balaban J connectivity index is 1.50. The van der Waals surface area contributed by atoms with Crippen molar-refractivity contribution in [3.8, 4) is 5.69 Å². The minimum absolute atomic E-state index is 0.00163. The van der Waals surface area contributed by atoms with Gasteiger partial charge in [-0.1, -0.05) is 30.3 Å². The second-order valence-electron chi connectivity index (χ2n) is 8.25. The smallest absolute Gasteiger partial charge is 0.250 e. The van der Waals surface area contributed by atoms with Gasteiger partial charge < -0.3 is 16.2 Å². The quantitative estimate of drug-likeness (QED) is 0.585. The lowest BCUT2D eigenvalue weighted by Gasteiger charge is -2.34. The summed E-state index contributed by atoms with van der Waals surface area (Å²) < 4.78 is 1.78. The normalized spacial score (nSPS) is 26.7. The van der Waals surface area contributed by atoms with Crippen LogP contribution in [-0.2, 0) is 5.41 Å². The summed E-state index contributed by atoms with van der Waals surface area (Å²) in [6, 6.07) is 13.8. The van der Waals surface area contributed by atoms with Crippen molar-refractivity contribution < 1.29 is 9.90 Å². The van der Waals surface area contributed by atoms with Crippen LogP contribution in [0, 0.1) is 5.41 Å². The van der Waals surface area contributed by atoms with E-state index in [0.29, 0.717) is 11.1 Å². The predicted octanol–water partition coefficient (Wildman–Crippen LogP) is 2.29. The highest BCUT2D eigenvalue weighted by Crippen LogP contribution is 2.69. The Bertz CT molecular complexity index is 1120. The fraction of sp³-hybridized carbons (Fsp3) is 0.304. The largest absolute Gasteiger partial charge is 0.388 e. The molecule has 1 amide bonds. The third-order valence-electron chi connectivity index (χ3n) is 6.89. The van der Waals surface area contributed by atoms with E-state index in [-0.39, 0.29) is 10.8 Å². The average Bonchev–Trinajstić information content (AvgIpc) is 3.28. The van der Waals surface area contributed by atoms with E-state index in [0.717, 1.165) is 37.0 Å². The maximum Gasteiger partial charge on any atom is 0.250 e. The van der Waals surface area contributed by atoms with Gasteiger partial charge in [0.1, 0.15) is 5.52 Å². The van der Waals surface area contributed by atoms with E-state index in [4.69, 9.17) is 5.73 Å². The Kier molecular flexibility index (Phi) is 3.91. The summed E-state index contributed by atoms with van der Waals surface area (Å²) in [7, 11) is 0. The van der Waals surface area contributed by atoms with Crippen molar-refractivity contribution in [1.82, 2.24) is 15.1 Å². The van der Waals surface area contributed by atoms with E-state index in [2.05, 4.69) is 29.1 Å². The molecule has 2 fully saturated rings. The molecule has 29 heavy (non-hydrogen) atoms. The molecule has 6 heteroatoms. The van der Waals surface area contributed by atoms with Crippen LogP contribution in [0.15, 0.2) is 61.3 Å². The molecule has 2 heterocycles. The van der Waals surface area contributed by atoms with Gasteiger partial charge in [0.15, 0.2) is 0 Å². The first kappa shape index (κ1) is 18.1. The van der Waals surface area contributed by atoms with E-state index < -0.39 is 12.0 Å². The molecule has 2 aliphatic rings. The van der Waals surface area contributed by atoms with Crippen molar-refractivity contribution in [2.24, 2.45) is 11.1 Å². The Morgan fingerprint density at radius 1 is 1.31 bits per heavy atom. The van der Waals surface area contributed by atoms with E-state index in [1.165, 1.54) is 5.56 Å². The number of aliphatic hydroxyl groups is 1. The number of carbonyl (C=O) groups excluding carboxylic acids is 1. The lowest BCUT2D eigenvalue weighted by molar-refractivity contribution is 0.100. The number of nitrogens with zero attached hydrogens (tertiary/aromatic N) is 2. The maximum absolute atomic E-state index is 11.7. The van der Waals surface area contributed by atoms with E-state index in [9.17, 15) is 9.90 Å². The van der Waals surface area contributed by atoms with Gasteiger partial charge in [0.25, 0.3) is 5.91 Å². The summed E-state index contributed by atoms with van der Waals surface area (Å²) in [5.41, 5.74) is 8.51. The number of aromatic nitrogens is 2. The van der Waals surface area contributed by atoms with Crippen LogP contribution in [0.25, 0.3) is 16.6 Å². The van der Waals surface area contributed by atoms with Gasteiger partial charge in [0.05, 0.1) is 17.4 Å². The van der Waals surface area contributed by atoms with E-state index >= 15 is 0 Å². The highest BCUT2D eigenvalue weighted by Gasteiger charge is 2.70. The van der Waals surface area contributed by atoms with Crippen molar-refractivity contribution in [3.05, 3.63) is 72.4 Å². The lowest BCUT2D eigenvalue weighted by atomic mass is 9.78. The highest BCUT2D eigenvalue weighted by atomic mass is 16.3. The minimum atomic E-state index is -0.515. The Hall–Kier alpha value is -2.96. The van der Waals surface area contributed by atoms with Crippen molar-refractivity contribution in [1.29, 1.82) is 0 Å². The topological polar surface area (TPSA) is 93.2 Å². The first-order valence-electron chi connectivity index (χ1n) is 9.91. The third-order valence-corrected chi connectivity index (χ3v) is 6.89. The molecule has 3 atom stereocenters. The summed E-state index contributed by atoms with van der Waals surface area (Å²) in [5.74, 6) is -0.480. The van der Waals surface area contributed by atoms with Crippen LogP contribution in [0.1, 0.15) is 28.8 Å². The molecule has 4 N–H and O–H groups in total. The van der Waals surface area contributed by atoms with Crippen LogP contribution >= 0.6 is 0 Å². The zero-order valence-corrected chi connectivity index (χ0v) is 16.1. The minimum Gasteiger partial charge on any atom is -0.388 e. The van der Waals surface area contributed by atoms with Crippen LogP contribution < -0.4 is 11.1 Å². The molecule has 148 valence electrons. The molecule has 0 radical (unpaired) electrons. The average molecular weight is 388 g/mol. The second kappa shape index (κ2) is 6.27. The van der Waals surface area contributed by atoms with Gasteiger partial charge in [-0.05, 0) is 43.1 Å². The van der Waals surface area contributed by atoms with Crippen LogP contribution in [0.4, 0.5) is 0 Å². The Morgan fingerprint density at radius 2 is 2.10 bits per heavy atom. The number of piperidine rings is 1. The molecule has 6 nitrogen and oxygen atoms in total. The van der Waals surface area contributed by atoms with Gasteiger partial charge in [-0.25, -0.2) is 4.68 Å². The summed E-state index contributed by atoms with van der Waals surface area (Å²) in [4.78, 5) is 11.7. The molecule has 1 aliphatic carbocycles. The fourth-order valence-corrected chi connectivity index (χ4v) is 5.24. The SMILES string of the molecule is C=CC(O)C12CNCCC1(c1ccc(-n3cc4cccc(C(N)=O)c4n3)cc1)C2. The fourth-order valence-electron chi connectivity index (χ4n) is 5.24. The summed E-state index contributed by atoms with van der Waals surface area (Å²) >= 11 is 0. The van der Waals surface area contributed by atoms with Crippen LogP contribution in [-0.4, -0.2) is 40.0 Å². The number of hydrogen-bond donors (Lipinski definition) is 3. The highest BCUT2D eigenvalue weighted by molar-refractivity contribution is 6.04. The molecule has 5 rings (SSSR count). The zero-order chi connectivity index (χ0) is 20.2. The standard InChI is InChI=1S/C23H24N4O2/c1-2-19(28)23-13-22(23,10-11-25-14-23)16-6-8-17(9-7-16)27-12-15-4-3-5-18(21(24)29)20(15)26-27/h2-9,12,19,25,28H,1,10-11,13-14H2,(H2,24,29). The second-order valence-corrected chi connectivity index (χ2v) is 8.25. The molecular formula is C23H24N4O2. The lowest BCUT2D eigenvalue weighted by Crippen LogP contribution is -2.44. The van der Waals surface area contributed by atoms with Crippen molar-refractivity contribution in [2.75, 3.05) is 13.1 Å². The van der Waals surface area contributed by atoms with E-state index in [1.54, 1.807) is 16.8 Å². The number of hydrogen-bond acceptors (Lipinski definition) is 4. The first-order valence-corrected chi connectivity index (χ1v) is 9.91. The summed E-state index contributed by atoms with van der Waals surface area (Å²) in [6.07, 6.45) is 5.02. The molecule has 1 aromatic heterocycles. The van der Waals surface area contributed by atoms with Crippen molar-refractivity contribution in [3.63, 3.8) is 0 Å². The number of amides is 1. The molecule has 1 saturated heterocycles. The molecule has 2 aromatic carbocycles. The van der Waals surface area contributed by atoms with Gasteiger partial charge >= 0.3 is 0 Å². The number of aliphatic hydroxyl groups excluding tert-OH is 1. The van der Waals surface area contributed by atoms with Gasteiger partial charge in [0.2, 0.25) is 0 Å². The predicted molar refractivity (Wildman–Crippen MR) is 112 cm³/mol. The molecule has 0 spiro atoms. The molecular weight excluding hydrogens is 364 g/mol. The molecule has 0 bridgehead atoms. The number of fused-ring (bicyclic) bond motifs is 2. The maximum atomic E-state index is 11.7. The number of primary amides is 1. The van der Waals surface area contributed by atoms with Gasteiger partial charge in [-0.15, -0.1) is 6.58 Å². The number of benzene rings is 2. The first-order chi connectivity index (χ1) is 14.0. The molecule has 3 unspecified atom stereocenters. The molecule has 3 aromatic rings. The number of carbonyl (C=O) groups is 1. The monoisotopic (exact) mass is 388 g/mol. The van der Waals surface area contributed by atoms with Gasteiger partial charge in [0, 0.05) is 29.0 Å². The number of nitrogens with one attached hydrogen (secondary N) is 1. The Morgan fingerprint density at radius 3 is 2.83 bits per heavy atom. The Labute approximate surface area is 169 Å². The van der Waals surface area contributed by atoms with Crippen molar-refractivity contribution >= 4 is 16.8 Å². The van der Waals surface area contributed by atoms with E-state index in [1.807, 2.05) is 30.5 Å². The zero-order valence-electron chi connectivity index (χ0n) is 16.1. The summed E-state index contributed by atoms with van der Waals surface area (Å²) in [5, 5.41) is 19.5. The van der Waals surface area contributed by atoms with Crippen LogP contribution in [0.3, 0.4) is 0 Å². The van der Waals surface area contributed by atoms with Crippen LogP contribution in [0.2, 0.25) is 0 Å². The van der Waals surface area contributed by atoms with Gasteiger partial charge in [-0.3, -0.25) is 4.79 Å². The number of rotatable bonds is 5. The van der Waals surface area contributed by atoms with Gasteiger partial charge in [-0.2, -0.15) is 5.10 Å². The third kappa shape index (κ3) is 2.49. The molecule has 1 saturated carbocycles. The molecule has 1 aliphatic heterocycles. The van der Waals surface area contributed by atoms with Crippen molar-refractivity contribution in [2.45, 2.75) is 24.4 Å². The summed E-state index contributed by atoms with van der Waals surface area (Å²) in [6.45, 7) is 5.56. The van der Waals surface area contributed by atoms with Crippen LogP contribution in [0.5, 0.6) is 0 Å². The number of nitrogens with two attached hydrogens (primary N) is 1.